The van der Waals surface area contributed by atoms with Gasteiger partial charge in [-0.05, 0) is 61.1 Å². The van der Waals surface area contributed by atoms with Crippen molar-refractivity contribution in [3.63, 3.8) is 0 Å². The van der Waals surface area contributed by atoms with Gasteiger partial charge in [-0.2, -0.15) is 0 Å². The number of carbonyl (C=O) groups excluding carboxylic acids is 2. The first-order valence-corrected chi connectivity index (χ1v) is 12.0. The zero-order valence-corrected chi connectivity index (χ0v) is 20.6. The van der Waals surface area contributed by atoms with Gasteiger partial charge in [0, 0.05) is 25.8 Å². The van der Waals surface area contributed by atoms with E-state index in [1.54, 1.807) is 30.2 Å². The predicted octanol–water partition coefficient (Wildman–Crippen LogP) is 5.19. The van der Waals surface area contributed by atoms with Gasteiger partial charge in [-0.1, -0.05) is 44.5 Å². The molecule has 0 spiro atoms. The maximum absolute atomic E-state index is 13.1. The Labute approximate surface area is 202 Å². The Kier molecular flexibility index (Phi) is 8.88. The molecule has 1 saturated heterocycles. The molecule has 1 N–H and O–H groups in total. The second-order valence-corrected chi connectivity index (χ2v) is 8.62. The van der Waals surface area contributed by atoms with Crippen LogP contribution in [0.25, 0.3) is 5.76 Å². The van der Waals surface area contributed by atoms with E-state index in [0.717, 1.165) is 41.7 Å². The molecule has 0 saturated carbocycles. The number of unbranched alkanes of at least 4 members (excludes halogenated alkanes) is 1. The lowest BCUT2D eigenvalue weighted by atomic mass is 9.94. The fraction of sp³-hybridized carbons (Fsp3) is 0.429. The maximum Gasteiger partial charge on any atom is 0.295 e. The number of Topliss-reactive ketones (excluding diaryl/α,β-unsaturated/α-hetero) is 1. The Hall–Kier alpha value is -3.12. The van der Waals surface area contributed by atoms with Gasteiger partial charge in [0.05, 0.1) is 18.2 Å². The summed E-state index contributed by atoms with van der Waals surface area (Å²) in [5.74, 6) is -0.684. The first kappa shape index (κ1) is 25.5. The van der Waals surface area contributed by atoms with Crippen LogP contribution < -0.4 is 4.74 Å². The van der Waals surface area contributed by atoms with Gasteiger partial charge < -0.3 is 19.5 Å². The summed E-state index contributed by atoms with van der Waals surface area (Å²) in [6, 6.07) is 12.5. The molecule has 0 radical (unpaired) electrons. The number of amides is 1. The average molecular weight is 466 g/mol. The summed E-state index contributed by atoms with van der Waals surface area (Å²) in [5, 5.41) is 11.3. The van der Waals surface area contributed by atoms with Gasteiger partial charge in [-0.3, -0.25) is 9.59 Å². The molecule has 0 aromatic heterocycles. The molecule has 182 valence electrons. The molecule has 0 bridgehead atoms. The van der Waals surface area contributed by atoms with E-state index in [4.69, 9.17) is 9.47 Å². The number of aryl methyl sites for hydroxylation is 2. The Morgan fingerprint density at radius 2 is 1.76 bits per heavy atom. The Bertz CT molecular complexity index is 1040. The number of aliphatic hydroxyl groups is 1. The lowest BCUT2D eigenvalue weighted by Crippen LogP contribution is -2.31. The lowest BCUT2D eigenvalue weighted by molar-refractivity contribution is -0.140. The third-order valence-corrected chi connectivity index (χ3v) is 6.19. The number of ketones is 1. The van der Waals surface area contributed by atoms with Crippen LogP contribution in [0.4, 0.5) is 0 Å². The highest BCUT2D eigenvalue weighted by molar-refractivity contribution is 6.46. The van der Waals surface area contributed by atoms with E-state index >= 15 is 0 Å². The van der Waals surface area contributed by atoms with Crippen LogP contribution in [0.1, 0.15) is 61.4 Å². The van der Waals surface area contributed by atoms with Crippen molar-refractivity contribution in [3.8, 4) is 5.75 Å². The van der Waals surface area contributed by atoms with Crippen LogP contribution in [0.5, 0.6) is 5.75 Å². The molecule has 0 aliphatic carbocycles. The predicted molar refractivity (Wildman–Crippen MR) is 133 cm³/mol. The van der Waals surface area contributed by atoms with Gasteiger partial charge in [0.1, 0.15) is 11.5 Å². The molecule has 34 heavy (non-hydrogen) atoms. The number of hydrogen-bond donors (Lipinski definition) is 1. The average Bonchev–Trinajstić information content (AvgIpc) is 3.10. The number of likely N-dealkylation sites (tertiary alicyclic amines) is 1. The highest BCUT2D eigenvalue weighted by Crippen LogP contribution is 2.40. The molecule has 6 nitrogen and oxygen atoms in total. The maximum atomic E-state index is 13.1. The van der Waals surface area contributed by atoms with Gasteiger partial charge in [-0.25, -0.2) is 0 Å². The van der Waals surface area contributed by atoms with Crippen LogP contribution in [-0.4, -0.2) is 48.6 Å². The third kappa shape index (κ3) is 5.50. The highest BCUT2D eigenvalue weighted by atomic mass is 16.5. The van der Waals surface area contributed by atoms with Crippen molar-refractivity contribution in [2.75, 3.05) is 26.9 Å². The Morgan fingerprint density at radius 3 is 2.38 bits per heavy atom. The first-order chi connectivity index (χ1) is 16.4. The number of methoxy groups -OCH3 is 1. The summed E-state index contributed by atoms with van der Waals surface area (Å²) in [6.45, 7) is 7.55. The molecule has 1 aliphatic rings. The number of rotatable bonds is 11. The molecule has 1 fully saturated rings. The molecule has 2 aromatic rings. The molecule has 2 aromatic carbocycles. The fourth-order valence-corrected chi connectivity index (χ4v) is 4.21. The number of nitrogens with zero attached hydrogens (tertiary/aromatic N) is 1. The van der Waals surface area contributed by atoms with Crippen molar-refractivity contribution in [3.05, 3.63) is 70.3 Å². The van der Waals surface area contributed by atoms with Crippen molar-refractivity contribution in [1.82, 2.24) is 4.90 Å². The first-order valence-electron chi connectivity index (χ1n) is 12.0. The van der Waals surface area contributed by atoms with E-state index in [1.807, 2.05) is 31.2 Å². The molecule has 1 atom stereocenters. The lowest BCUT2D eigenvalue weighted by Gasteiger charge is -2.25. The van der Waals surface area contributed by atoms with Crippen molar-refractivity contribution in [1.29, 1.82) is 0 Å². The number of ether oxygens (including phenoxy) is 2. The molecule has 1 amide bonds. The van der Waals surface area contributed by atoms with Crippen molar-refractivity contribution in [2.24, 2.45) is 0 Å². The van der Waals surface area contributed by atoms with Gasteiger partial charge in [0.25, 0.3) is 11.7 Å². The molecule has 1 aliphatic heterocycles. The van der Waals surface area contributed by atoms with Crippen LogP contribution in [0.3, 0.4) is 0 Å². The monoisotopic (exact) mass is 465 g/mol. The van der Waals surface area contributed by atoms with Gasteiger partial charge >= 0.3 is 0 Å². The molecule has 1 unspecified atom stereocenters. The summed E-state index contributed by atoms with van der Waals surface area (Å²) in [4.78, 5) is 27.7. The van der Waals surface area contributed by atoms with E-state index in [0.29, 0.717) is 31.7 Å². The third-order valence-electron chi connectivity index (χ3n) is 6.19. The largest absolute Gasteiger partial charge is 0.507 e. The second kappa shape index (κ2) is 11.8. The fourth-order valence-electron chi connectivity index (χ4n) is 4.21. The summed E-state index contributed by atoms with van der Waals surface area (Å²) in [6.07, 6.45) is 3.49. The summed E-state index contributed by atoms with van der Waals surface area (Å²) in [5.41, 5.74) is 3.43. The molecular weight excluding hydrogens is 430 g/mol. The number of hydrogen-bond acceptors (Lipinski definition) is 5. The van der Waals surface area contributed by atoms with E-state index in [-0.39, 0.29) is 11.3 Å². The van der Waals surface area contributed by atoms with Crippen LogP contribution in [0.2, 0.25) is 0 Å². The normalized spacial score (nSPS) is 17.4. The van der Waals surface area contributed by atoms with Gasteiger partial charge in [-0.15, -0.1) is 0 Å². The topological polar surface area (TPSA) is 76.1 Å². The summed E-state index contributed by atoms with van der Waals surface area (Å²) in [7, 11) is 1.60. The van der Waals surface area contributed by atoms with Crippen LogP contribution in [-0.2, 0) is 20.7 Å². The smallest absolute Gasteiger partial charge is 0.295 e. The zero-order valence-electron chi connectivity index (χ0n) is 20.6. The molecule has 3 rings (SSSR count). The van der Waals surface area contributed by atoms with Crippen molar-refractivity contribution in [2.45, 2.75) is 52.5 Å². The standard InChI is InChI=1S/C28H35NO5/c1-5-7-17-34-23-14-13-22(18-19(23)3)26(30)24-25(21-11-9-20(6-2)10-12-21)29(15-8-16-33-4)28(32)27(24)31/h9-14,18,25,30H,5-8,15-17H2,1-4H3/b26-24+. The minimum Gasteiger partial charge on any atom is -0.507 e. The van der Waals surface area contributed by atoms with Crippen LogP contribution in [0.15, 0.2) is 48.0 Å². The summed E-state index contributed by atoms with van der Waals surface area (Å²) >= 11 is 0. The molecular formula is C28H35NO5. The number of benzene rings is 2. The van der Waals surface area contributed by atoms with E-state index in [1.165, 1.54) is 0 Å². The van der Waals surface area contributed by atoms with E-state index in [9.17, 15) is 14.7 Å². The van der Waals surface area contributed by atoms with E-state index in [2.05, 4.69) is 13.8 Å². The van der Waals surface area contributed by atoms with Gasteiger partial charge in [0.15, 0.2) is 0 Å². The van der Waals surface area contributed by atoms with Crippen LogP contribution >= 0.6 is 0 Å². The zero-order chi connectivity index (χ0) is 24.7. The minimum absolute atomic E-state index is 0.116. The van der Waals surface area contributed by atoms with Gasteiger partial charge in [0.2, 0.25) is 0 Å². The van der Waals surface area contributed by atoms with E-state index < -0.39 is 17.7 Å². The SMILES string of the molecule is CCCCOc1ccc(/C(O)=C2\C(=O)C(=O)N(CCCOC)C2c2ccc(CC)cc2)cc1C. The highest BCUT2D eigenvalue weighted by Gasteiger charge is 2.45. The Balaban J connectivity index is 2.03. The number of aliphatic hydroxyl groups excluding tert-OH is 1. The number of carbonyl (C=O) groups is 2. The minimum atomic E-state index is -0.666. The van der Waals surface area contributed by atoms with Crippen molar-refractivity contribution >= 4 is 17.4 Å². The van der Waals surface area contributed by atoms with Crippen LogP contribution in [0, 0.1) is 6.92 Å². The Morgan fingerprint density at radius 1 is 1.03 bits per heavy atom. The second-order valence-electron chi connectivity index (χ2n) is 8.62. The molecule has 1 heterocycles. The van der Waals surface area contributed by atoms with Crippen molar-refractivity contribution < 1.29 is 24.2 Å². The molecule has 6 heteroatoms. The summed E-state index contributed by atoms with van der Waals surface area (Å²) < 4.78 is 11.0. The quantitative estimate of drug-likeness (QED) is 0.214.